The van der Waals surface area contributed by atoms with E-state index in [0.717, 1.165) is 59.0 Å². The maximum atomic E-state index is 12.6. The summed E-state index contributed by atoms with van der Waals surface area (Å²) in [4.78, 5) is 28.3. The van der Waals surface area contributed by atoms with Crippen molar-refractivity contribution in [1.82, 2.24) is 30.0 Å². The Balaban J connectivity index is 1.32. The van der Waals surface area contributed by atoms with Crippen LogP contribution in [0.15, 0.2) is 55.2 Å². The quantitative estimate of drug-likeness (QED) is 0.498. The van der Waals surface area contributed by atoms with Crippen molar-refractivity contribution in [3.63, 3.8) is 0 Å². The Morgan fingerprint density at radius 1 is 1.12 bits per heavy atom. The number of fused-ring (bicyclic) bond motifs is 1. The van der Waals surface area contributed by atoms with Gasteiger partial charge in [0.15, 0.2) is 0 Å². The fraction of sp³-hybridized carbons (Fsp3) is 0.269. The molecular formula is C26H27N7O. The number of carbonyl (C=O) groups excluding carboxylic acids is 1. The van der Waals surface area contributed by atoms with Gasteiger partial charge in [-0.15, -0.1) is 0 Å². The van der Waals surface area contributed by atoms with Gasteiger partial charge in [-0.25, -0.2) is 4.98 Å². The number of carbonyl (C=O) groups is 1. The third-order valence-corrected chi connectivity index (χ3v) is 6.18. The van der Waals surface area contributed by atoms with Gasteiger partial charge < -0.3 is 10.2 Å². The monoisotopic (exact) mass is 453 g/mol. The average Bonchev–Trinajstić information content (AvgIpc) is 3.20. The van der Waals surface area contributed by atoms with Crippen LogP contribution >= 0.6 is 0 Å². The lowest BCUT2D eigenvalue weighted by atomic mass is 10.0. The smallest absolute Gasteiger partial charge is 0.253 e. The van der Waals surface area contributed by atoms with Crippen LogP contribution in [0.3, 0.4) is 0 Å². The van der Waals surface area contributed by atoms with Crippen LogP contribution < -0.4 is 10.2 Å². The maximum Gasteiger partial charge on any atom is 0.253 e. The van der Waals surface area contributed by atoms with Crippen LogP contribution in [0.1, 0.15) is 38.4 Å². The van der Waals surface area contributed by atoms with Gasteiger partial charge in [0.25, 0.3) is 5.91 Å². The van der Waals surface area contributed by atoms with E-state index < -0.39 is 0 Å². The van der Waals surface area contributed by atoms with Crippen molar-refractivity contribution in [2.24, 2.45) is 7.05 Å². The highest BCUT2D eigenvalue weighted by Gasteiger charge is 2.22. The largest absolute Gasteiger partial charge is 0.352 e. The lowest BCUT2D eigenvalue weighted by Gasteiger charge is -2.30. The van der Waals surface area contributed by atoms with Crippen molar-refractivity contribution < 1.29 is 4.79 Å². The van der Waals surface area contributed by atoms with Crippen molar-refractivity contribution >= 4 is 11.7 Å². The number of amides is 1. The summed E-state index contributed by atoms with van der Waals surface area (Å²) in [6.07, 6.45) is 9.93. The molecule has 0 aliphatic carbocycles. The molecular weight excluding hydrogens is 426 g/mol. The number of pyridine rings is 3. The second-order valence-electron chi connectivity index (χ2n) is 8.71. The number of nitrogens with one attached hydrogen (secondary N) is 1. The standard InChI is InChI=1S/C26H27N7O/c1-17-10-21(26(34)30-12-19-4-7-27-8-5-19)14-29-25(17)33-9-6-24-22(15-33)11-20(13-28-24)23-16-32(3)31-18(23)2/h4-5,7-8,10-11,13-14,16H,6,9,12,15H2,1-3H3,(H,30,34). The third-order valence-electron chi connectivity index (χ3n) is 6.18. The molecule has 0 bridgehead atoms. The number of aryl methyl sites for hydroxylation is 3. The van der Waals surface area contributed by atoms with Crippen LogP contribution in [0.2, 0.25) is 0 Å². The molecule has 172 valence electrons. The molecule has 8 heteroatoms. The Morgan fingerprint density at radius 3 is 2.68 bits per heavy atom. The van der Waals surface area contributed by atoms with Gasteiger partial charge in [0.2, 0.25) is 0 Å². The number of hydrogen-bond acceptors (Lipinski definition) is 6. The minimum absolute atomic E-state index is 0.136. The molecule has 4 aromatic rings. The lowest BCUT2D eigenvalue weighted by molar-refractivity contribution is 0.0950. The Bertz CT molecular complexity index is 1350. The zero-order valence-corrected chi connectivity index (χ0v) is 19.6. The van der Waals surface area contributed by atoms with E-state index in [1.807, 2.05) is 56.2 Å². The van der Waals surface area contributed by atoms with Gasteiger partial charge in [0, 0.05) is 80.9 Å². The fourth-order valence-electron chi connectivity index (χ4n) is 4.45. The first-order valence-corrected chi connectivity index (χ1v) is 11.3. The Morgan fingerprint density at radius 2 is 1.94 bits per heavy atom. The minimum Gasteiger partial charge on any atom is -0.352 e. The van der Waals surface area contributed by atoms with Crippen LogP contribution in [-0.2, 0) is 26.6 Å². The zero-order chi connectivity index (χ0) is 23.7. The van der Waals surface area contributed by atoms with Crippen LogP contribution in [0, 0.1) is 13.8 Å². The minimum atomic E-state index is -0.136. The van der Waals surface area contributed by atoms with E-state index in [4.69, 9.17) is 4.98 Å². The third kappa shape index (κ3) is 4.39. The van der Waals surface area contributed by atoms with E-state index in [2.05, 4.69) is 31.3 Å². The van der Waals surface area contributed by atoms with Crippen LogP contribution in [0.5, 0.6) is 0 Å². The second kappa shape index (κ2) is 9.05. The van der Waals surface area contributed by atoms with Crippen molar-refractivity contribution in [1.29, 1.82) is 0 Å². The highest BCUT2D eigenvalue weighted by molar-refractivity contribution is 5.94. The summed E-state index contributed by atoms with van der Waals surface area (Å²) >= 11 is 0. The molecule has 0 aromatic carbocycles. The number of nitrogens with zero attached hydrogens (tertiary/aromatic N) is 6. The molecule has 34 heavy (non-hydrogen) atoms. The summed E-state index contributed by atoms with van der Waals surface area (Å²) in [5, 5.41) is 7.41. The molecule has 0 spiro atoms. The fourth-order valence-corrected chi connectivity index (χ4v) is 4.45. The molecule has 1 aliphatic heterocycles. The van der Waals surface area contributed by atoms with Gasteiger partial charge in [0.05, 0.1) is 11.3 Å². The van der Waals surface area contributed by atoms with Gasteiger partial charge in [-0.3, -0.25) is 19.4 Å². The molecule has 0 saturated carbocycles. The molecule has 0 radical (unpaired) electrons. The van der Waals surface area contributed by atoms with Gasteiger partial charge in [0.1, 0.15) is 5.82 Å². The Kier molecular flexibility index (Phi) is 5.79. The van der Waals surface area contributed by atoms with Gasteiger partial charge in [-0.1, -0.05) is 0 Å². The summed E-state index contributed by atoms with van der Waals surface area (Å²) in [6, 6.07) is 7.90. The summed E-state index contributed by atoms with van der Waals surface area (Å²) in [6.45, 7) is 6.05. The predicted molar refractivity (Wildman–Crippen MR) is 130 cm³/mol. The van der Waals surface area contributed by atoms with Crippen molar-refractivity contribution in [2.75, 3.05) is 11.4 Å². The number of rotatable bonds is 5. The highest BCUT2D eigenvalue weighted by atomic mass is 16.1. The first kappa shape index (κ1) is 21.8. The molecule has 1 amide bonds. The van der Waals surface area contributed by atoms with Crippen LogP contribution in [0.4, 0.5) is 5.82 Å². The number of anilines is 1. The normalized spacial score (nSPS) is 13.0. The van der Waals surface area contributed by atoms with E-state index in [1.54, 1.807) is 18.6 Å². The molecule has 5 rings (SSSR count). The zero-order valence-electron chi connectivity index (χ0n) is 19.6. The summed E-state index contributed by atoms with van der Waals surface area (Å²) in [7, 11) is 1.93. The summed E-state index contributed by atoms with van der Waals surface area (Å²) < 4.78 is 1.83. The molecule has 0 unspecified atom stereocenters. The first-order valence-electron chi connectivity index (χ1n) is 11.3. The summed E-state index contributed by atoms with van der Waals surface area (Å²) in [5.74, 6) is 0.767. The van der Waals surface area contributed by atoms with Crippen molar-refractivity contribution in [2.45, 2.75) is 33.4 Å². The van der Waals surface area contributed by atoms with E-state index in [0.29, 0.717) is 12.1 Å². The van der Waals surface area contributed by atoms with Gasteiger partial charge >= 0.3 is 0 Å². The van der Waals surface area contributed by atoms with Crippen molar-refractivity contribution in [3.8, 4) is 11.1 Å². The van der Waals surface area contributed by atoms with Gasteiger partial charge in [-0.2, -0.15) is 5.10 Å². The topological polar surface area (TPSA) is 88.8 Å². The molecule has 1 aliphatic rings. The van der Waals surface area contributed by atoms with E-state index in [1.165, 1.54) is 5.56 Å². The summed E-state index contributed by atoms with van der Waals surface area (Å²) in [5.41, 5.74) is 8.05. The first-order chi connectivity index (χ1) is 16.5. The van der Waals surface area contributed by atoms with Gasteiger partial charge in [-0.05, 0) is 54.8 Å². The molecule has 8 nitrogen and oxygen atoms in total. The van der Waals surface area contributed by atoms with Crippen LogP contribution in [-0.4, -0.2) is 37.2 Å². The predicted octanol–water partition coefficient (Wildman–Crippen LogP) is 3.38. The molecule has 4 aromatic heterocycles. The number of aromatic nitrogens is 5. The molecule has 0 saturated heterocycles. The van der Waals surface area contributed by atoms with E-state index >= 15 is 0 Å². The van der Waals surface area contributed by atoms with Crippen molar-refractivity contribution in [3.05, 3.63) is 88.9 Å². The van der Waals surface area contributed by atoms with E-state index in [-0.39, 0.29) is 5.91 Å². The molecule has 0 atom stereocenters. The second-order valence-corrected chi connectivity index (χ2v) is 8.71. The SMILES string of the molecule is Cc1cc(C(=O)NCc2ccncc2)cnc1N1CCc2ncc(-c3cn(C)nc3C)cc2C1. The molecule has 0 fully saturated rings. The van der Waals surface area contributed by atoms with Crippen LogP contribution in [0.25, 0.3) is 11.1 Å². The average molecular weight is 454 g/mol. The maximum absolute atomic E-state index is 12.6. The Hall–Kier alpha value is -4.07. The number of hydrogen-bond donors (Lipinski definition) is 1. The molecule has 5 heterocycles. The Labute approximate surface area is 198 Å². The molecule has 1 N–H and O–H groups in total. The highest BCUT2D eigenvalue weighted by Crippen LogP contribution is 2.29. The van der Waals surface area contributed by atoms with E-state index in [9.17, 15) is 4.79 Å². The lowest BCUT2D eigenvalue weighted by Crippen LogP contribution is -2.32.